The summed E-state index contributed by atoms with van der Waals surface area (Å²) >= 11 is 0. The molecule has 0 aliphatic heterocycles. The van der Waals surface area contributed by atoms with Crippen LogP contribution in [0, 0.1) is 6.92 Å². The van der Waals surface area contributed by atoms with E-state index in [1.165, 1.54) is 80.9 Å². The van der Waals surface area contributed by atoms with Gasteiger partial charge in [0.2, 0.25) is 0 Å². The summed E-state index contributed by atoms with van der Waals surface area (Å²) in [5.41, 5.74) is 2.10. The first-order chi connectivity index (χ1) is 19.0. The normalized spacial score (nSPS) is 11.4. The first-order valence-corrected chi connectivity index (χ1v) is 14.8. The number of sulfonamides is 2. The van der Waals surface area contributed by atoms with E-state index in [-0.39, 0.29) is 21.0 Å². The SMILES string of the molecule is COc1ccc(OC)c(NS(=O)(=O)c2ccc(NC(=O)c3ccc(NS(=O)(=O)c4ccc(C)cc4)cc3)cc2)c1. The molecule has 0 aliphatic rings. The zero-order chi connectivity index (χ0) is 28.9. The highest BCUT2D eigenvalue weighted by Crippen LogP contribution is 2.31. The molecule has 0 radical (unpaired) electrons. The zero-order valence-corrected chi connectivity index (χ0v) is 23.5. The van der Waals surface area contributed by atoms with E-state index in [2.05, 4.69) is 14.8 Å². The largest absolute Gasteiger partial charge is 0.497 e. The van der Waals surface area contributed by atoms with Crippen LogP contribution in [0.1, 0.15) is 15.9 Å². The van der Waals surface area contributed by atoms with Crippen LogP contribution in [0.15, 0.2) is 101 Å². The van der Waals surface area contributed by atoms with Crippen molar-refractivity contribution in [3.05, 3.63) is 102 Å². The Labute approximate surface area is 233 Å². The predicted molar refractivity (Wildman–Crippen MR) is 153 cm³/mol. The summed E-state index contributed by atoms with van der Waals surface area (Å²) in [6.07, 6.45) is 0. The van der Waals surface area contributed by atoms with E-state index in [4.69, 9.17) is 9.47 Å². The maximum absolute atomic E-state index is 12.9. The van der Waals surface area contributed by atoms with Crippen molar-refractivity contribution in [1.29, 1.82) is 0 Å². The molecule has 40 heavy (non-hydrogen) atoms. The number of hydrogen-bond acceptors (Lipinski definition) is 7. The fourth-order valence-corrected chi connectivity index (χ4v) is 5.76. The van der Waals surface area contributed by atoms with Gasteiger partial charge in [-0.15, -0.1) is 0 Å². The summed E-state index contributed by atoms with van der Waals surface area (Å²) in [4.78, 5) is 12.8. The van der Waals surface area contributed by atoms with Gasteiger partial charge in [-0.25, -0.2) is 16.8 Å². The van der Waals surface area contributed by atoms with E-state index in [0.717, 1.165) is 5.56 Å². The first-order valence-electron chi connectivity index (χ1n) is 11.9. The van der Waals surface area contributed by atoms with Crippen molar-refractivity contribution in [2.24, 2.45) is 0 Å². The van der Waals surface area contributed by atoms with Crippen LogP contribution in [0.25, 0.3) is 0 Å². The van der Waals surface area contributed by atoms with Crippen LogP contribution >= 0.6 is 0 Å². The van der Waals surface area contributed by atoms with E-state index >= 15 is 0 Å². The van der Waals surface area contributed by atoms with Crippen LogP contribution in [0.4, 0.5) is 17.1 Å². The molecule has 0 fully saturated rings. The molecule has 0 unspecified atom stereocenters. The van der Waals surface area contributed by atoms with Crippen molar-refractivity contribution >= 4 is 43.0 Å². The number of nitrogens with one attached hydrogen (secondary N) is 3. The Morgan fingerprint density at radius 3 is 1.77 bits per heavy atom. The van der Waals surface area contributed by atoms with Crippen molar-refractivity contribution in [2.45, 2.75) is 16.7 Å². The van der Waals surface area contributed by atoms with Gasteiger partial charge >= 0.3 is 0 Å². The Hall–Kier alpha value is -4.55. The van der Waals surface area contributed by atoms with Crippen LogP contribution in [0.2, 0.25) is 0 Å². The maximum Gasteiger partial charge on any atom is 0.262 e. The minimum Gasteiger partial charge on any atom is -0.497 e. The molecule has 0 saturated heterocycles. The van der Waals surface area contributed by atoms with Gasteiger partial charge in [0.05, 0.1) is 29.7 Å². The molecule has 10 nitrogen and oxygen atoms in total. The van der Waals surface area contributed by atoms with Gasteiger partial charge in [0, 0.05) is 23.0 Å². The van der Waals surface area contributed by atoms with E-state index in [0.29, 0.717) is 22.9 Å². The highest BCUT2D eigenvalue weighted by atomic mass is 32.2. The lowest BCUT2D eigenvalue weighted by Gasteiger charge is -2.13. The molecule has 1 amide bonds. The molecular weight excluding hydrogens is 554 g/mol. The Kier molecular flexibility index (Phi) is 8.31. The number of hydrogen-bond donors (Lipinski definition) is 3. The summed E-state index contributed by atoms with van der Waals surface area (Å²) in [6, 6.07) is 22.7. The maximum atomic E-state index is 12.9. The molecule has 3 N–H and O–H groups in total. The number of benzene rings is 4. The number of carbonyl (C=O) groups excluding carboxylic acids is 1. The fraction of sp³-hybridized carbons (Fsp3) is 0.107. The van der Waals surface area contributed by atoms with Gasteiger partial charge in [-0.05, 0) is 79.7 Å². The number of amides is 1. The van der Waals surface area contributed by atoms with Gasteiger partial charge in [0.15, 0.2) is 0 Å². The third kappa shape index (κ3) is 6.71. The van der Waals surface area contributed by atoms with Crippen LogP contribution in [-0.2, 0) is 20.0 Å². The molecule has 0 saturated carbocycles. The summed E-state index contributed by atoms with van der Waals surface area (Å²) in [7, 11) is -4.85. The van der Waals surface area contributed by atoms with Crippen molar-refractivity contribution < 1.29 is 31.1 Å². The van der Waals surface area contributed by atoms with Crippen molar-refractivity contribution in [2.75, 3.05) is 29.0 Å². The summed E-state index contributed by atoms with van der Waals surface area (Å²) in [6.45, 7) is 1.86. The Balaban J connectivity index is 1.41. The predicted octanol–water partition coefficient (Wildman–Crippen LogP) is 4.87. The Morgan fingerprint density at radius 1 is 0.650 bits per heavy atom. The highest BCUT2D eigenvalue weighted by molar-refractivity contribution is 7.93. The Morgan fingerprint density at radius 2 is 1.20 bits per heavy atom. The second-order valence-corrected chi connectivity index (χ2v) is 12.0. The van der Waals surface area contributed by atoms with Gasteiger partial charge in [-0.3, -0.25) is 14.2 Å². The zero-order valence-electron chi connectivity index (χ0n) is 21.8. The number of carbonyl (C=O) groups is 1. The molecule has 0 heterocycles. The minimum absolute atomic E-state index is 0.0272. The lowest BCUT2D eigenvalue weighted by atomic mass is 10.2. The van der Waals surface area contributed by atoms with Gasteiger partial charge in [-0.1, -0.05) is 17.7 Å². The lowest BCUT2D eigenvalue weighted by molar-refractivity contribution is 0.102. The molecule has 12 heteroatoms. The van der Waals surface area contributed by atoms with Gasteiger partial charge in [0.1, 0.15) is 11.5 Å². The van der Waals surface area contributed by atoms with Crippen LogP contribution in [-0.4, -0.2) is 37.0 Å². The molecule has 4 aromatic carbocycles. The third-order valence-corrected chi connectivity index (χ3v) is 8.58. The van der Waals surface area contributed by atoms with E-state index in [1.54, 1.807) is 24.3 Å². The molecule has 4 rings (SSSR count). The smallest absolute Gasteiger partial charge is 0.262 e. The highest BCUT2D eigenvalue weighted by Gasteiger charge is 2.18. The summed E-state index contributed by atoms with van der Waals surface area (Å²) < 4.78 is 66.3. The Bertz CT molecular complexity index is 1720. The number of ether oxygens (including phenoxy) is 2. The van der Waals surface area contributed by atoms with Crippen LogP contribution < -0.4 is 24.2 Å². The van der Waals surface area contributed by atoms with Crippen molar-refractivity contribution in [1.82, 2.24) is 0 Å². The molecule has 208 valence electrons. The monoisotopic (exact) mass is 581 g/mol. The van der Waals surface area contributed by atoms with Gasteiger partial charge < -0.3 is 14.8 Å². The van der Waals surface area contributed by atoms with Crippen molar-refractivity contribution in [3.63, 3.8) is 0 Å². The minimum atomic E-state index is -3.96. The average Bonchev–Trinajstić information content (AvgIpc) is 2.93. The van der Waals surface area contributed by atoms with E-state index in [1.807, 2.05) is 6.92 Å². The molecule has 0 aromatic heterocycles. The quantitative estimate of drug-likeness (QED) is 0.243. The number of anilines is 3. The lowest BCUT2D eigenvalue weighted by Crippen LogP contribution is -2.15. The summed E-state index contributed by atoms with van der Waals surface area (Å²) in [5, 5.41) is 2.69. The fourth-order valence-electron chi connectivity index (χ4n) is 3.64. The van der Waals surface area contributed by atoms with Crippen LogP contribution in [0.3, 0.4) is 0 Å². The topological polar surface area (TPSA) is 140 Å². The second-order valence-electron chi connectivity index (χ2n) is 8.65. The third-order valence-electron chi connectivity index (χ3n) is 5.80. The van der Waals surface area contributed by atoms with Gasteiger partial charge in [-0.2, -0.15) is 0 Å². The summed E-state index contributed by atoms with van der Waals surface area (Å²) in [5.74, 6) is 0.318. The average molecular weight is 582 g/mol. The standard InChI is InChI=1S/C28H27N3O7S2/c1-19-4-13-24(14-5-19)39(33,34)30-22-8-6-20(7-9-22)28(32)29-21-10-15-25(16-11-21)40(35,36)31-26-18-23(37-2)12-17-27(26)38-3/h4-18,30-31H,1-3H3,(H,29,32). The molecule has 0 aliphatic carbocycles. The first kappa shape index (κ1) is 28.5. The van der Waals surface area contributed by atoms with E-state index in [9.17, 15) is 21.6 Å². The molecular formula is C28H27N3O7S2. The molecule has 0 bridgehead atoms. The van der Waals surface area contributed by atoms with E-state index < -0.39 is 26.0 Å². The number of rotatable bonds is 10. The molecule has 0 spiro atoms. The number of aryl methyl sites for hydroxylation is 1. The van der Waals surface area contributed by atoms with Crippen LogP contribution in [0.5, 0.6) is 11.5 Å². The molecule has 0 atom stereocenters. The van der Waals surface area contributed by atoms with Gasteiger partial charge in [0.25, 0.3) is 26.0 Å². The van der Waals surface area contributed by atoms with Crippen molar-refractivity contribution in [3.8, 4) is 11.5 Å². The second kappa shape index (κ2) is 11.7. The number of methoxy groups -OCH3 is 2. The molecule has 4 aromatic rings.